The topological polar surface area (TPSA) is 83.1 Å². The van der Waals surface area contributed by atoms with Gasteiger partial charge in [0.25, 0.3) is 0 Å². The number of amides is 2. The Labute approximate surface area is 176 Å². The molecule has 1 aromatic carbocycles. The Bertz CT molecular complexity index is 879. The number of hydrogen-bond donors (Lipinski definition) is 1. The summed E-state index contributed by atoms with van der Waals surface area (Å²) in [7, 11) is 1.60. The molecule has 0 atom stereocenters. The number of morpholine rings is 1. The first-order chi connectivity index (χ1) is 14.6. The molecule has 0 aliphatic carbocycles. The normalized spacial score (nSPS) is 17.1. The molecule has 2 saturated heterocycles. The number of anilines is 3. The van der Waals surface area contributed by atoms with E-state index in [0.717, 1.165) is 43.6 Å². The van der Waals surface area contributed by atoms with Gasteiger partial charge in [0.1, 0.15) is 11.6 Å². The summed E-state index contributed by atoms with van der Waals surface area (Å²) in [5.74, 6) is 2.31. The minimum absolute atomic E-state index is 0.118. The van der Waals surface area contributed by atoms with Gasteiger partial charge in [-0.25, -0.2) is 9.78 Å². The van der Waals surface area contributed by atoms with E-state index < -0.39 is 0 Å². The summed E-state index contributed by atoms with van der Waals surface area (Å²) in [5.41, 5.74) is 1.62. The molecule has 4 rings (SSSR count). The highest BCUT2D eigenvalue weighted by Crippen LogP contribution is 2.24. The van der Waals surface area contributed by atoms with E-state index in [9.17, 15) is 4.79 Å². The maximum Gasteiger partial charge on any atom is 0.322 e. The lowest BCUT2D eigenvalue weighted by Gasteiger charge is -2.36. The van der Waals surface area contributed by atoms with Gasteiger partial charge in [-0.2, -0.15) is 4.98 Å². The predicted octanol–water partition coefficient (Wildman–Crippen LogP) is 1.98. The number of aryl methyl sites for hydroxylation is 1. The van der Waals surface area contributed by atoms with E-state index in [1.165, 1.54) is 0 Å². The second kappa shape index (κ2) is 9.17. The Balaban J connectivity index is 1.38. The lowest BCUT2D eigenvalue weighted by Crippen LogP contribution is -2.50. The van der Waals surface area contributed by atoms with Crippen LogP contribution in [0.25, 0.3) is 0 Å². The first kappa shape index (κ1) is 20.2. The molecular formula is C21H28N6O3. The number of ether oxygens (including phenoxy) is 2. The number of nitrogens with one attached hydrogen (secondary N) is 1. The lowest BCUT2D eigenvalue weighted by molar-refractivity contribution is 0.122. The molecule has 2 aromatic rings. The van der Waals surface area contributed by atoms with Gasteiger partial charge in [-0.05, 0) is 19.1 Å². The molecular weight excluding hydrogens is 384 g/mol. The number of carbonyl (C=O) groups excluding carboxylic acids is 1. The highest BCUT2D eigenvalue weighted by Gasteiger charge is 2.24. The number of piperazine rings is 1. The van der Waals surface area contributed by atoms with Crippen molar-refractivity contribution in [3.63, 3.8) is 0 Å². The highest BCUT2D eigenvalue weighted by molar-refractivity contribution is 5.91. The van der Waals surface area contributed by atoms with Gasteiger partial charge in [0.05, 0.1) is 26.0 Å². The van der Waals surface area contributed by atoms with Crippen LogP contribution in [0.15, 0.2) is 30.3 Å². The molecule has 0 unspecified atom stereocenters. The number of hydrogen-bond acceptors (Lipinski definition) is 7. The quantitative estimate of drug-likeness (QED) is 0.822. The van der Waals surface area contributed by atoms with Crippen LogP contribution >= 0.6 is 0 Å². The van der Waals surface area contributed by atoms with Gasteiger partial charge in [0.2, 0.25) is 5.95 Å². The van der Waals surface area contributed by atoms with Crippen LogP contribution in [-0.4, -0.2) is 80.5 Å². The second-order valence-electron chi connectivity index (χ2n) is 7.37. The second-order valence-corrected chi connectivity index (χ2v) is 7.37. The fraction of sp³-hybridized carbons (Fsp3) is 0.476. The van der Waals surface area contributed by atoms with Crippen molar-refractivity contribution < 1.29 is 14.3 Å². The molecule has 0 spiro atoms. The summed E-state index contributed by atoms with van der Waals surface area (Å²) < 4.78 is 10.7. The van der Waals surface area contributed by atoms with Crippen LogP contribution in [-0.2, 0) is 4.74 Å². The maximum absolute atomic E-state index is 12.7. The summed E-state index contributed by atoms with van der Waals surface area (Å²) in [6.45, 7) is 7.69. The molecule has 160 valence electrons. The van der Waals surface area contributed by atoms with Crippen molar-refractivity contribution in [3.05, 3.63) is 36.0 Å². The predicted molar refractivity (Wildman–Crippen MR) is 116 cm³/mol. The molecule has 9 nitrogen and oxygen atoms in total. The Hall–Kier alpha value is -3.07. The maximum atomic E-state index is 12.7. The molecule has 0 saturated carbocycles. The summed E-state index contributed by atoms with van der Waals surface area (Å²) >= 11 is 0. The van der Waals surface area contributed by atoms with Crippen LogP contribution < -0.4 is 19.9 Å². The number of aromatic nitrogens is 2. The van der Waals surface area contributed by atoms with Crippen molar-refractivity contribution in [1.82, 2.24) is 14.9 Å². The number of carbonyl (C=O) groups is 1. The third kappa shape index (κ3) is 4.56. The molecule has 30 heavy (non-hydrogen) atoms. The third-order valence-electron chi connectivity index (χ3n) is 5.36. The molecule has 0 radical (unpaired) electrons. The van der Waals surface area contributed by atoms with Crippen molar-refractivity contribution in [2.75, 3.05) is 74.7 Å². The molecule has 9 heteroatoms. The van der Waals surface area contributed by atoms with Crippen LogP contribution in [0.5, 0.6) is 5.75 Å². The van der Waals surface area contributed by atoms with Crippen molar-refractivity contribution in [2.45, 2.75) is 6.92 Å². The lowest BCUT2D eigenvalue weighted by atomic mass is 10.3. The first-order valence-corrected chi connectivity index (χ1v) is 10.3. The van der Waals surface area contributed by atoms with Gasteiger partial charge in [-0.15, -0.1) is 0 Å². The number of methoxy groups -OCH3 is 1. The van der Waals surface area contributed by atoms with Gasteiger partial charge in [0, 0.05) is 51.0 Å². The number of para-hydroxylation sites is 2. The Kier molecular flexibility index (Phi) is 6.18. The Morgan fingerprint density at radius 2 is 1.77 bits per heavy atom. The van der Waals surface area contributed by atoms with Gasteiger partial charge in [0.15, 0.2) is 0 Å². The largest absolute Gasteiger partial charge is 0.495 e. The fourth-order valence-corrected chi connectivity index (χ4v) is 3.68. The van der Waals surface area contributed by atoms with Crippen LogP contribution in [0.1, 0.15) is 5.69 Å². The van der Waals surface area contributed by atoms with Crippen LogP contribution in [0, 0.1) is 6.92 Å². The van der Waals surface area contributed by atoms with Crippen LogP contribution in [0.3, 0.4) is 0 Å². The SMILES string of the molecule is COc1ccccc1NC(=O)N1CCN(c2cc(C)nc(N3CCOCC3)n2)CC1. The van der Waals surface area contributed by atoms with Crippen LogP contribution in [0.2, 0.25) is 0 Å². The van der Waals surface area contributed by atoms with Crippen molar-refractivity contribution in [1.29, 1.82) is 0 Å². The average Bonchev–Trinajstić information content (AvgIpc) is 2.79. The van der Waals surface area contributed by atoms with E-state index in [0.29, 0.717) is 37.7 Å². The van der Waals surface area contributed by atoms with Gasteiger partial charge >= 0.3 is 6.03 Å². The van der Waals surface area contributed by atoms with Crippen LogP contribution in [0.4, 0.5) is 22.2 Å². The van der Waals surface area contributed by atoms with E-state index in [2.05, 4.69) is 20.1 Å². The Morgan fingerprint density at radius 1 is 1.03 bits per heavy atom. The molecule has 1 aromatic heterocycles. The number of urea groups is 1. The minimum atomic E-state index is -0.118. The summed E-state index contributed by atoms with van der Waals surface area (Å²) in [6, 6.07) is 9.31. The molecule has 2 fully saturated rings. The molecule has 2 aliphatic heterocycles. The molecule has 0 bridgehead atoms. The van der Waals surface area contributed by atoms with E-state index >= 15 is 0 Å². The number of rotatable bonds is 4. The standard InChI is InChI=1S/C21H28N6O3/c1-16-15-19(24-20(22-16)26-11-13-30-14-12-26)25-7-9-27(10-8-25)21(28)23-17-5-3-4-6-18(17)29-2/h3-6,15H,7-14H2,1-2H3,(H,23,28). The number of nitrogens with zero attached hydrogens (tertiary/aromatic N) is 5. The fourth-order valence-electron chi connectivity index (χ4n) is 3.68. The summed E-state index contributed by atoms with van der Waals surface area (Å²) in [4.78, 5) is 28.3. The Morgan fingerprint density at radius 3 is 2.50 bits per heavy atom. The van der Waals surface area contributed by atoms with Crippen molar-refractivity contribution in [3.8, 4) is 5.75 Å². The highest BCUT2D eigenvalue weighted by atomic mass is 16.5. The van der Waals surface area contributed by atoms with E-state index in [1.807, 2.05) is 42.2 Å². The summed E-state index contributed by atoms with van der Waals surface area (Å²) in [6.07, 6.45) is 0. The van der Waals surface area contributed by atoms with Crippen molar-refractivity contribution >= 4 is 23.5 Å². The zero-order valence-corrected chi connectivity index (χ0v) is 17.5. The number of benzene rings is 1. The summed E-state index contributed by atoms with van der Waals surface area (Å²) in [5, 5.41) is 2.95. The van der Waals surface area contributed by atoms with Gasteiger partial charge < -0.3 is 29.5 Å². The van der Waals surface area contributed by atoms with Gasteiger partial charge in [-0.3, -0.25) is 0 Å². The minimum Gasteiger partial charge on any atom is -0.495 e. The van der Waals surface area contributed by atoms with Crippen molar-refractivity contribution in [2.24, 2.45) is 0 Å². The average molecular weight is 412 g/mol. The smallest absolute Gasteiger partial charge is 0.322 e. The zero-order valence-electron chi connectivity index (χ0n) is 17.5. The molecule has 3 heterocycles. The molecule has 2 aliphatic rings. The molecule has 2 amide bonds. The van der Waals surface area contributed by atoms with Gasteiger partial charge in [-0.1, -0.05) is 12.1 Å². The van der Waals surface area contributed by atoms with E-state index in [1.54, 1.807) is 7.11 Å². The van der Waals surface area contributed by atoms with E-state index in [-0.39, 0.29) is 6.03 Å². The molecule has 1 N–H and O–H groups in total. The monoisotopic (exact) mass is 412 g/mol. The third-order valence-corrected chi connectivity index (χ3v) is 5.36. The van der Waals surface area contributed by atoms with E-state index in [4.69, 9.17) is 14.5 Å². The zero-order chi connectivity index (χ0) is 20.9. The first-order valence-electron chi connectivity index (χ1n) is 10.3.